The Morgan fingerprint density at radius 2 is 2.39 bits per heavy atom. The molecule has 0 bridgehead atoms. The van der Waals surface area contributed by atoms with Crippen molar-refractivity contribution in [3.63, 3.8) is 0 Å². The lowest BCUT2D eigenvalue weighted by Crippen LogP contribution is -2.33. The third-order valence-corrected chi connectivity index (χ3v) is 3.39. The van der Waals surface area contributed by atoms with Crippen LogP contribution in [-0.4, -0.2) is 25.6 Å². The number of halogens is 1. The minimum atomic E-state index is -0.486. The van der Waals surface area contributed by atoms with Crippen molar-refractivity contribution in [3.05, 3.63) is 28.8 Å². The molecule has 5 heteroatoms. The maximum absolute atomic E-state index is 11.0. The first-order chi connectivity index (χ1) is 8.66. The van der Waals surface area contributed by atoms with E-state index in [0.717, 1.165) is 13.1 Å². The Labute approximate surface area is 111 Å². The van der Waals surface area contributed by atoms with E-state index in [9.17, 15) is 4.79 Å². The highest BCUT2D eigenvalue weighted by molar-refractivity contribution is 6.32. The molecule has 1 unspecified atom stereocenters. The van der Waals surface area contributed by atoms with Crippen molar-refractivity contribution in [2.24, 2.45) is 11.7 Å². The third kappa shape index (κ3) is 3.37. The Morgan fingerprint density at radius 1 is 1.56 bits per heavy atom. The van der Waals surface area contributed by atoms with E-state index in [1.165, 1.54) is 12.8 Å². The van der Waals surface area contributed by atoms with Crippen molar-refractivity contribution in [2.45, 2.75) is 12.8 Å². The number of primary amides is 1. The van der Waals surface area contributed by atoms with Gasteiger partial charge in [0.1, 0.15) is 5.75 Å². The van der Waals surface area contributed by atoms with Crippen molar-refractivity contribution < 1.29 is 9.53 Å². The molecule has 18 heavy (non-hydrogen) atoms. The van der Waals surface area contributed by atoms with Gasteiger partial charge in [-0.05, 0) is 37.6 Å². The molecule has 1 heterocycles. The second-order valence-electron chi connectivity index (χ2n) is 4.53. The summed E-state index contributed by atoms with van der Waals surface area (Å²) in [5, 5.41) is 3.76. The predicted octanol–water partition coefficient (Wildman–Crippen LogP) is 1.82. The molecule has 0 radical (unpaired) electrons. The number of hydrogen-bond donors (Lipinski definition) is 2. The zero-order valence-corrected chi connectivity index (χ0v) is 10.9. The maximum Gasteiger partial charge on any atom is 0.248 e. The lowest BCUT2D eigenvalue weighted by atomic mass is 10.0. The summed E-state index contributed by atoms with van der Waals surface area (Å²) < 4.78 is 5.69. The molecule has 1 saturated heterocycles. The molecule has 0 aromatic heterocycles. The summed E-state index contributed by atoms with van der Waals surface area (Å²) in [5.74, 6) is 0.637. The number of nitrogens with one attached hydrogen (secondary N) is 1. The van der Waals surface area contributed by atoms with E-state index < -0.39 is 5.91 Å². The fourth-order valence-corrected chi connectivity index (χ4v) is 2.28. The van der Waals surface area contributed by atoms with Crippen LogP contribution in [0.1, 0.15) is 23.2 Å². The van der Waals surface area contributed by atoms with E-state index in [1.807, 2.05) is 0 Å². The van der Waals surface area contributed by atoms with Gasteiger partial charge in [0, 0.05) is 18.0 Å². The van der Waals surface area contributed by atoms with Crippen LogP contribution >= 0.6 is 11.6 Å². The van der Waals surface area contributed by atoms with E-state index in [4.69, 9.17) is 22.1 Å². The molecule has 1 fully saturated rings. The number of ether oxygens (including phenoxy) is 1. The molecule has 1 atom stereocenters. The quantitative estimate of drug-likeness (QED) is 0.875. The van der Waals surface area contributed by atoms with Crippen molar-refractivity contribution in [1.82, 2.24) is 5.32 Å². The number of carbonyl (C=O) groups excluding carboxylic acids is 1. The molecule has 3 N–H and O–H groups in total. The van der Waals surface area contributed by atoms with Gasteiger partial charge in [-0.25, -0.2) is 0 Å². The standard InChI is InChI=1S/C13H17ClN2O2/c14-11-6-10(13(15)17)3-4-12(11)18-8-9-2-1-5-16-7-9/h3-4,6,9,16H,1-2,5,7-8H2,(H2,15,17). The number of piperidine rings is 1. The Hall–Kier alpha value is -1.26. The monoisotopic (exact) mass is 268 g/mol. The molecule has 1 aromatic rings. The van der Waals surface area contributed by atoms with Crippen LogP contribution in [0.5, 0.6) is 5.75 Å². The molecule has 1 aliphatic rings. The number of hydrogen-bond acceptors (Lipinski definition) is 3. The average Bonchev–Trinajstić information content (AvgIpc) is 2.38. The summed E-state index contributed by atoms with van der Waals surface area (Å²) in [6.45, 7) is 2.71. The normalized spacial score (nSPS) is 19.5. The van der Waals surface area contributed by atoms with E-state index in [2.05, 4.69) is 5.32 Å². The molecule has 1 aliphatic heterocycles. The van der Waals surface area contributed by atoms with E-state index >= 15 is 0 Å². The highest BCUT2D eigenvalue weighted by Crippen LogP contribution is 2.26. The van der Waals surface area contributed by atoms with Crippen LogP contribution in [-0.2, 0) is 0 Å². The Kier molecular flexibility index (Phi) is 4.44. The van der Waals surface area contributed by atoms with Gasteiger partial charge in [0.25, 0.3) is 0 Å². The van der Waals surface area contributed by atoms with Crippen LogP contribution in [0.3, 0.4) is 0 Å². The number of rotatable bonds is 4. The average molecular weight is 269 g/mol. The van der Waals surface area contributed by atoms with Crippen LogP contribution in [0.25, 0.3) is 0 Å². The fourth-order valence-electron chi connectivity index (χ4n) is 2.05. The Bertz CT molecular complexity index is 431. The van der Waals surface area contributed by atoms with Crippen LogP contribution in [0, 0.1) is 5.92 Å². The van der Waals surface area contributed by atoms with Crippen LogP contribution < -0.4 is 15.8 Å². The Balaban J connectivity index is 1.94. The molecule has 2 rings (SSSR count). The minimum Gasteiger partial charge on any atom is -0.492 e. The number of amides is 1. The summed E-state index contributed by atoms with van der Waals surface area (Å²) in [4.78, 5) is 11.0. The minimum absolute atomic E-state index is 0.395. The van der Waals surface area contributed by atoms with Gasteiger partial charge < -0.3 is 15.8 Å². The molecule has 0 spiro atoms. The largest absolute Gasteiger partial charge is 0.492 e. The second kappa shape index (κ2) is 6.07. The summed E-state index contributed by atoms with van der Waals surface area (Å²) >= 11 is 6.04. The number of nitrogens with two attached hydrogens (primary N) is 1. The summed E-state index contributed by atoms with van der Waals surface area (Å²) in [7, 11) is 0. The molecular weight excluding hydrogens is 252 g/mol. The second-order valence-corrected chi connectivity index (χ2v) is 4.94. The van der Waals surface area contributed by atoms with Gasteiger partial charge in [0.2, 0.25) is 5.91 Å². The lowest BCUT2D eigenvalue weighted by molar-refractivity contribution is 0.1000. The van der Waals surface area contributed by atoms with Gasteiger partial charge >= 0.3 is 0 Å². The maximum atomic E-state index is 11.0. The van der Waals surface area contributed by atoms with E-state index in [1.54, 1.807) is 18.2 Å². The smallest absolute Gasteiger partial charge is 0.248 e. The number of carbonyl (C=O) groups is 1. The molecule has 0 saturated carbocycles. The third-order valence-electron chi connectivity index (χ3n) is 3.09. The molecule has 1 amide bonds. The topological polar surface area (TPSA) is 64.4 Å². The Morgan fingerprint density at radius 3 is 3.00 bits per heavy atom. The van der Waals surface area contributed by atoms with E-state index in [0.29, 0.717) is 28.9 Å². The highest BCUT2D eigenvalue weighted by Gasteiger charge is 2.14. The summed E-state index contributed by atoms with van der Waals surface area (Å²) in [6.07, 6.45) is 2.35. The zero-order chi connectivity index (χ0) is 13.0. The van der Waals surface area contributed by atoms with Crippen LogP contribution in [0.15, 0.2) is 18.2 Å². The molecule has 0 aliphatic carbocycles. The zero-order valence-electron chi connectivity index (χ0n) is 10.1. The van der Waals surface area contributed by atoms with Crippen molar-refractivity contribution in [1.29, 1.82) is 0 Å². The van der Waals surface area contributed by atoms with Gasteiger partial charge in [0.15, 0.2) is 0 Å². The molecule has 98 valence electrons. The highest BCUT2D eigenvalue weighted by atomic mass is 35.5. The first-order valence-corrected chi connectivity index (χ1v) is 6.47. The van der Waals surface area contributed by atoms with Crippen molar-refractivity contribution in [2.75, 3.05) is 19.7 Å². The SMILES string of the molecule is NC(=O)c1ccc(OCC2CCCNC2)c(Cl)c1. The summed E-state index contributed by atoms with van der Waals surface area (Å²) in [6, 6.07) is 4.86. The van der Waals surface area contributed by atoms with Crippen LogP contribution in [0.2, 0.25) is 5.02 Å². The summed E-state index contributed by atoms with van der Waals surface area (Å²) in [5.41, 5.74) is 5.57. The first kappa shape index (κ1) is 13.2. The van der Waals surface area contributed by atoms with E-state index in [-0.39, 0.29) is 0 Å². The van der Waals surface area contributed by atoms with Crippen molar-refractivity contribution >= 4 is 17.5 Å². The van der Waals surface area contributed by atoms with Gasteiger partial charge in [-0.2, -0.15) is 0 Å². The van der Waals surface area contributed by atoms with Gasteiger partial charge in [-0.1, -0.05) is 11.6 Å². The fraction of sp³-hybridized carbons (Fsp3) is 0.462. The first-order valence-electron chi connectivity index (χ1n) is 6.09. The number of benzene rings is 1. The predicted molar refractivity (Wildman–Crippen MR) is 71.1 cm³/mol. The van der Waals surface area contributed by atoms with Crippen LogP contribution in [0.4, 0.5) is 0 Å². The molecule has 4 nitrogen and oxygen atoms in total. The lowest BCUT2D eigenvalue weighted by Gasteiger charge is -2.23. The van der Waals surface area contributed by atoms with Gasteiger partial charge in [0.05, 0.1) is 11.6 Å². The van der Waals surface area contributed by atoms with Crippen molar-refractivity contribution in [3.8, 4) is 5.75 Å². The molecule has 1 aromatic carbocycles. The van der Waals surface area contributed by atoms with Gasteiger partial charge in [-0.3, -0.25) is 4.79 Å². The molecular formula is C13H17ClN2O2. The van der Waals surface area contributed by atoms with Gasteiger partial charge in [-0.15, -0.1) is 0 Å².